The number of ether oxygens (including phenoxy) is 4. The lowest BCUT2D eigenvalue weighted by atomic mass is 10.1. The Morgan fingerprint density at radius 2 is 1.00 bits per heavy atom. The van der Waals surface area contributed by atoms with Crippen LogP contribution in [0.3, 0.4) is 0 Å². The first-order chi connectivity index (χ1) is 15.4. The van der Waals surface area contributed by atoms with Crippen LogP contribution >= 0.6 is 0 Å². The average molecular weight is 448 g/mol. The molecule has 2 heterocycles. The van der Waals surface area contributed by atoms with Gasteiger partial charge in [0, 0.05) is 26.2 Å². The summed E-state index contributed by atoms with van der Waals surface area (Å²) in [6, 6.07) is 5.66. The molecule has 1 aromatic rings. The van der Waals surface area contributed by atoms with E-state index in [1.54, 1.807) is 9.80 Å². The van der Waals surface area contributed by atoms with Crippen molar-refractivity contribution in [1.82, 2.24) is 9.80 Å². The Bertz CT molecular complexity index is 760. The van der Waals surface area contributed by atoms with Crippen molar-refractivity contribution >= 4 is 23.8 Å². The summed E-state index contributed by atoms with van der Waals surface area (Å²) in [5.74, 6) is -1.90. The highest BCUT2D eigenvalue weighted by molar-refractivity contribution is 5.95. The van der Waals surface area contributed by atoms with Gasteiger partial charge in [0.2, 0.25) is 0 Å². The largest absolute Gasteiger partial charge is 0.449 e. The fraction of sp³-hybridized carbons (Fsp3) is 0.545. The molecule has 2 aliphatic rings. The number of carbonyl (C=O) groups excluding carboxylic acids is 4. The number of morpholine rings is 2. The molecule has 0 radical (unpaired) electrons. The van der Waals surface area contributed by atoms with Crippen LogP contribution < -0.4 is 0 Å². The zero-order valence-corrected chi connectivity index (χ0v) is 18.3. The second kappa shape index (κ2) is 11.1. The smallest absolute Gasteiger partial charge is 0.338 e. The van der Waals surface area contributed by atoms with Gasteiger partial charge in [-0.1, -0.05) is 0 Å². The van der Waals surface area contributed by atoms with Crippen LogP contribution in [0.5, 0.6) is 0 Å². The van der Waals surface area contributed by atoms with E-state index >= 15 is 0 Å². The maximum absolute atomic E-state index is 12.4. The Morgan fingerprint density at radius 1 is 0.688 bits per heavy atom. The third-order valence-electron chi connectivity index (χ3n) is 5.26. The minimum Gasteiger partial charge on any atom is -0.449 e. The standard InChI is InChI=1S/C22H28N2O8/c1-15(19(25)23-7-11-29-12-8-23)31-21(27)17-3-5-18(6-4-17)22(28)32-16(2)20(26)24-9-13-30-14-10-24/h3-6,15-16H,7-14H2,1-2H3. The van der Waals surface area contributed by atoms with Gasteiger partial charge in [-0.3, -0.25) is 9.59 Å². The van der Waals surface area contributed by atoms with Crippen molar-refractivity contribution < 1.29 is 38.1 Å². The second-order valence-corrected chi connectivity index (χ2v) is 7.55. The summed E-state index contributed by atoms with van der Waals surface area (Å²) in [6.07, 6.45) is -1.87. The molecule has 2 saturated heterocycles. The Hall–Kier alpha value is -2.98. The highest BCUT2D eigenvalue weighted by Crippen LogP contribution is 2.12. The Kier molecular flexibility index (Phi) is 8.18. The SMILES string of the molecule is CC(OC(=O)c1ccc(C(=O)OC(C)C(=O)N2CCOCC2)cc1)C(=O)N1CCOCC1. The summed E-state index contributed by atoms with van der Waals surface area (Å²) >= 11 is 0. The van der Waals surface area contributed by atoms with E-state index in [9.17, 15) is 19.2 Å². The molecule has 0 spiro atoms. The van der Waals surface area contributed by atoms with E-state index in [-0.39, 0.29) is 22.9 Å². The van der Waals surface area contributed by atoms with Gasteiger partial charge in [-0.25, -0.2) is 9.59 Å². The molecule has 174 valence electrons. The van der Waals surface area contributed by atoms with Crippen LogP contribution in [0, 0.1) is 0 Å². The number of hydrogen-bond acceptors (Lipinski definition) is 8. The second-order valence-electron chi connectivity index (χ2n) is 7.55. The van der Waals surface area contributed by atoms with Crippen molar-refractivity contribution in [2.45, 2.75) is 26.1 Å². The molecule has 2 unspecified atom stereocenters. The minimum absolute atomic E-state index is 0.195. The van der Waals surface area contributed by atoms with Gasteiger partial charge in [-0.15, -0.1) is 0 Å². The molecule has 1 aromatic carbocycles. The monoisotopic (exact) mass is 448 g/mol. The molecule has 10 nitrogen and oxygen atoms in total. The molecular formula is C22H28N2O8. The molecule has 32 heavy (non-hydrogen) atoms. The van der Waals surface area contributed by atoms with E-state index in [2.05, 4.69) is 0 Å². The van der Waals surface area contributed by atoms with Crippen molar-refractivity contribution in [2.24, 2.45) is 0 Å². The number of benzene rings is 1. The van der Waals surface area contributed by atoms with Crippen molar-refractivity contribution in [3.8, 4) is 0 Å². The van der Waals surface area contributed by atoms with Gasteiger partial charge in [0.25, 0.3) is 11.8 Å². The predicted octanol–water partition coefficient (Wildman–Crippen LogP) is 0.495. The first-order valence-corrected chi connectivity index (χ1v) is 10.6. The van der Waals surface area contributed by atoms with Crippen molar-refractivity contribution in [1.29, 1.82) is 0 Å². The number of nitrogens with zero attached hydrogens (tertiary/aromatic N) is 2. The molecule has 0 aliphatic carbocycles. The Morgan fingerprint density at radius 3 is 1.31 bits per heavy atom. The minimum atomic E-state index is -0.933. The van der Waals surface area contributed by atoms with Gasteiger partial charge < -0.3 is 28.7 Å². The number of amides is 2. The van der Waals surface area contributed by atoms with Crippen LogP contribution in [-0.2, 0) is 28.5 Å². The normalized spacial score (nSPS) is 18.4. The molecule has 10 heteroatoms. The van der Waals surface area contributed by atoms with Crippen LogP contribution in [-0.4, -0.2) is 98.4 Å². The summed E-state index contributed by atoms with van der Waals surface area (Å²) in [6.45, 7) is 6.73. The summed E-state index contributed by atoms with van der Waals surface area (Å²) < 4.78 is 21.0. The molecular weight excluding hydrogens is 420 g/mol. The van der Waals surface area contributed by atoms with E-state index in [1.165, 1.54) is 38.1 Å². The Balaban J connectivity index is 1.51. The van der Waals surface area contributed by atoms with Crippen LogP contribution in [0.4, 0.5) is 0 Å². The van der Waals surface area contributed by atoms with Crippen LogP contribution in [0.2, 0.25) is 0 Å². The van der Waals surface area contributed by atoms with E-state index in [4.69, 9.17) is 18.9 Å². The highest BCUT2D eigenvalue weighted by Gasteiger charge is 2.27. The van der Waals surface area contributed by atoms with Crippen LogP contribution in [0.25, 0.3) is 0 Å². The maximum Gasteiger partial charge on any atom is 0.338 e. The van der Waals surface area contributed by atoms with E-state index in [0.29, 0.717) is 52.6 Å². The van der Waals surface area contributed by atoms with Crippen molar-refractivity contribution in [2.75, 3.05) is 52.6 Å². The molecule has 2 atom stereocenters. The van der Waals surface area contributed by atoms with Crippen molar-refractivity contribution in [3.63, 3.8) is 0 Å². The van der Waals surface area contributed by atoms with Gasteiger partial charge in [0.1, 0.15) is 0 Å². The van der Waals surface area contributed by atoms with Gasteiger partial charge in [0.15, 0.2) is 12.2 Å². The molecule has 0 saturated carbocycles. The summed E-state index contributed by atoms with van der Waals surface area (Å²) in [5, 5.41) is 0. The zero-order chi connectivity index (χ0) is 23.1. The van der Waals surface area contributed by atoms with Crippen molar-refractivity contribution in [3.05, 3.63) is 35.4 Å². The quantitative estimate of drug-likeness (QED) is 0.579. The first kappa shape index (κ1) is 23.7. The van der Waals surface area contributed by atoms with Gasteiger partial charge in [0.05, 0.1) is 37.6 Å². The molecule has 0 N–H and O–H groups in total. The fourth-order valence-corrected chi connectivity index (χ4v) is 3.38. The molecule has 2 fully saturated rings. The van der Waals surface area contributed by atoms with Crippen LogP contribution in [0.15, 0.2) is 24.3 Å². The third kappa shape index (κ3) is 6.04. The average Bonchev–Trinajstić information content (AvgIpc) is 2.84. The number of carbonyl (C=O) groups is 4. The molecule has 0 bridgehead atoms. The summed E-state index contributed by atoms with van der Waals surface area (Å²) in [7, 11) is 0. The molecule has 0 aromatic heterocycles. The third-order valence-corrected chi connectivity index (χ3v) is 5.26. The maximum atomic E-state index is 12.4. The lowest BCUT2D eigenvalue weighted by Gasteiger charge is -2.29. The fourth-order valence-electron chi connectivity index (χ4n) is 3.38. The lowest BCUT2D eigenvalue weighted by Crippen LogP contribution is -2.46. The Labute approximate surface area is 186 Å². The van der Waals surface area contributed by atoms with E-state index < -0.39 is 24.1 Å². The number of hydrogen-bond donors (Lipinski definition) is 0. The molecule has 3 rings (SSSR count). The van der Waals surface area contributed by atoms with Gasteiger partial charge in [-0.05, 0) is 38.1 Å². The van der Waals surface area contributed by atoms with E-state index in [0.717, 1.165) is 0 Å². The van der Waals surface area contributed by atoms with Gasteiger partial charge in [-0.2, -0.15) is 0 Å². The molecule has 2 aliphatic heterocycles. The number of esters is 2. The summed E-state index contributed by atoms with van der Waals surface area (Å²) in [5.41, 5.74) is 0.390. The predicted molar refractivity (Wildman–Crippen MR) is 111 cm³/mol. The highest BCUT2D eigenvalue weighted by atomic mass is 16.6. The number of rotatable bonds is 6. The first-order valence-electron chi connectivity index (χ1n) is 10.6. The van der Waals surface area contributed by atoms with Crippen LogP contribution in [0.1, 0.15) is 34.6 Å². The van der Waals surface area contributed by atoms with E-state index in [1.807, 2.05) is 0 Å². The van der Waals surface area contributed by atoms with Gasteiger partial charge >= 0.3 is 11.9 Å². The lowest BCUT2D eigenvalue weighted by molar-refractivity contribution is -0.144. The summed E-state index contributed by atoms with van der Waals surface area (Å²) in [4.78, 5) is 52.7. The topological polar surface area (TPSA) is 112 Å². The zero-order valence-electron chi connectivity index (χ0n) is 18.3. The molecule has 2 amide bonds.